The summed E-state index contributed by atoms with van der Waals surface area (Å²) in [5.41, 5.74) is 1.78. The topological polar surface area (TPSA) is 50.1 Å². The Morgan fingerprint density at radius 2 is 1.94 bits per heavy atom. The third kappa shape index (κ3) is 2.54. The number of phenols is 1. The molecule has 1 aromatic carbocycles. The number of rotatable bonds is 3. The van der Waals surface area contributed by atoms with Crippen LogP contribution in [0.1, 0.15) is 18.7 Å². The van der Waals surface area contributed by atoms with Gasteiger partial charge in [-0.1, -0.05) is 23.2 Å². The van der Waals surface area contributed by atoms with Crippen LogP contribution >= 0.6 is 23.2 Å². The molecular weight excluding hydrogens is 273 g/mol. The van der Waals surface area contributed by atoms with Crippen molar-refractivity contribution in [1.82, 2.24) is 9.78 Å². The van der Waals surface area contributed by atoms with E-state index in [4.69, 9.17) is 23.2 Å². The summed E-state index contributed by atoms with van der Waals surface area (Å²) >= 11 is 11.7. The molecule has 0 spiro atoms. The second-order valence-corrected chi connectivity index (χ2v) is 4.85. The third-order valence-electron chi connectivity index (χ3n) is 2.70. The summed E-state index contributed by atoms with van der Waals surface area (Å²) in [5.74, 6) is -0.0999. The first-order valence-corrected chi connectivity index (χ1v) is 6.17. The van der Waals surface area contributed by atoms with Gasteiger partial charge in [0, 0.05) is 18.9 Å². The molecule has 1 aromatic heterocycles. The van der Waals surface area contributed by atoms with Crippen LogP contribution in [0.5, 0.6) is 5.75 Å². The Balaban J connectivity index is 2.22. The molecule has 0 aliphatic carbocycles. The summed E-state index contributed by atoms with van der Waals surface area (Å²) in [6.07, 6.45) is 1.74. The fourth-order valence-electron chi connectivity index (χ4n) is 1.78. The molecule has 18 heavy (non-hydrogen) atoms. The minimum absolute atomic E-state index is 0.0502. The first kappa shape index (κ1) is 13.1. The van der Waals surface area contributed by atoms with Crippen LogP contribution in [0.3, 0.4) is 0 Å². The van der Waals surface area contributed by atoms with Crippen LogP contribution in [-0.4, -0.2) is 14.9 Å². The van der Waals surface area contributed by atoms with Crippen molar-refractivity contribution in [2.24, 2.45) is 7.05 Å². The summed E-state index contributed by atoms with van der Waals surface area (Å²) in [6, 6.07) is 5.25. The first-order valence-electron chi connectivity index (χ1n) is 5.41. The number of aromatic hydroxyl groups is 1. The molecule has 0 amide bonds. The predicted octanol–water partition coefficient (Wildman–Crippen LogP) is 3.61. The smallest absolute Gasteiger partial charge is 0.152 e. The average Bonchev–Trinajstić information content (AvgIpc) is 2.72. The molecule has 2 N–H and O–H groups in total. The Morgan fingerprint density at radius 1 is 1.33 bits per heavy atom. The zero-order valence-corrected chi connectivity index (χ0v) is 11.5. The molecule has 6 heteroatoms. The van der Waals surface area contributed by atoms with Gasteiger partial charge in [0.2, 0.25) is 0 Å². The summed E-state index contributed by atoms with van der Waals surface area (Å²) in [5, 5.41) is 17.3. The standard InChI is InChI=1S/C12H13Cl2N3O/c1-7(11-3-4-15-17(11)2)16-8-5-9(13)12(18)10(14)6-8/h3-7,16,18H,1-2H3. The van der Waals surface area contributed by atoms with Gasteiger partial charge in [0.15, 0.2) is 5.75 Å². The lowest BCUT2D eigenvalue weighted by Crippen LogP contribution is -2.11. The first-order chi connectivity index (χ1) is 8.49. The molecular formula is C12H13Cl2N3O. The fraction of sp³-hybridized carbons (Fsp3) is 0.250. The van der Waals surface area contributed by atoms with Crippen LogP contribution in [0.4, 0.5) is 5.69 Å². The molecule has 1 heterocycles. The molecule has 2 aromatic rings. The maximum atomic E-state index is 9.49. The van der Waals surface area contributed by atoms with Crippen molar-refractivity contribution in [3.8, 4) is 5.75 Å². The van der Waals surface area contributed by atoms with Crippen molar-refractivity contribution < 1.29 is 5.11 Å². The van der Waals surface area contributed by atoms with Crippen molar-refractivity contribution in [1.29, 1.82) is 0 Å². The molecule has 96 valence electrons. The number of phenolic OH excluding ortho intramolecular Hbond substituents is 1. The fourth-order valence-corrected chi connectivity index (χ4v) is 2.27. The van der Waals surface area contributed by atoms with E-state index in [1.165, 1.54) is 0 Å². The lowest BCUT2D eigenvalue weighted by molar-refractivity contribution is 0.476. The van der Waals surface area contributed by atoms with Gasteiger partial charge in [0.1, 0.15) is 0 Å². The van der Waals surface area contributed by atoms with Crippen molar-refractivity contribution in [3.63, 3.8) is 0 Å². The van der Waals surface area contributed by atoms with Gasteiger partial charge in [-0.05, 0) is 25.1 Å². The second kappa shape index (κ2) is 5.08. The highest BCUT2D eigenvalue weighted by Crippen LogP contribution is 2.35. The van der Waals surface area contributed by atoms with Gasteiger partial charge < -0.3 is 10.4 Å². The predicted molar refractivity (Wildman–Crippen MR) is 73.4 cm³/mol. The van der Waals surface area contributed by atoms with Crippen molar-refractivity contribution in [2.45, 2.75) is 13.0 Å². The van der Waals surface area contributed by atoms with Crippen LogP contribution < -0.4 is 5.32 Å². The number of halogens is 2. The van der Waals surface area contributed by atoms with E-state index in [1.54, 1.807) is 23.0 Å². The Hall–Kier alpha value is -1.39. The normalized spacial score (nSPS) is 12.4. The minimum atomic E-state index is -0.0999. The van der Waals surface area contributed by atoms with Gasteiger partial charge >= 0.3 is 0 Å². The molecule has 1 unspecified atom stereocenters. The second-order valence-electron chi connectivity index (χ2n) is 4.03. The molecule has 0 bridgehead atoms. The molecule has 0 radical (unpaired) electrons. The summed E-state index contributed by atoms with van der Waals surface area (Å²) < 4.78 is 1.79. The van der Waals surface area contributed by atoms with Crippen LogP contribution in [-0.2, 0) is 7.05 Å². The molecule has 0 aliphatic heterocycles. The van der Waals surface area contributed by atoms with E-state index in [-0.39, 0.29) is 21.8 Å². The van der Waals surface area contributed by atoms with Gasteiger partial charge in [-0.25, -0.2) is 0 Å². The Bertz CT molecular complexity index is 545. The minimum Gasteiger partial charge on any atom is -0.505 e. The van der Waals surface area contributed by atoms with E-state index in [0.29, 0.717) is 0 Å². The molecule has 1 atom stereocenters. The molecule has 0 aliphatic rings. The highest BCUT2D eigenvalue weighted by molar-refractivity contribution is 6.37. The van der Waals surface area contributed by atoms with Gasteiger partial charge in [-0.2, -0.15) is 5.10 Å². The monoisotopic (exact) mass is 285 g/mol. The van der Waals surface area contributed by atoms with E-state index >= 15 is 0 Å². The van der Waals surface area contributed by atoms with Crippen LogP contribution in [0.25, 0.3) is 0 Å². The van der Waals surface area contributed by atoms with Gasteiger partial charge in [-0.15, -0.1) is 0 Å². The van der Waals surface area contributed by atoms with Crippen LogP contribution in [0.15, 0.2) is 24.4 Å². The molecule has 2 rings (SSSR count). The van der Waals surface area contributed by atoms with Crippen molar-refractivity contribution >= 4 is 28.9 Å². The molecule has 0 fully saturated rings. The van der Waals surface area contributed by atoms with E-state index in [2.05, 4.69) is 10.4 Å². The summed E-state index contributed by atoms with van der Waals surface area (Å²) in [4.78, 5) is 0. The maximum Gasteiger partial charge on any atom is 0.152 e. The highest BCUT2D eigenvalue weighted by Gasteiger charge is 2.12. The zero-order chi connectivity index (χ0) is 13.3. The Labute approximate surface area is 115 Å². The van der Waals surface area contributed by atoms with Crippen LogP contribution in [0.2, 0.25) is 10.0 Å². The summed E-state index contributed by atoms with van der Waals surface area (Å²) in [7, 11) is 1.88. The maximum absolute atomic E-state index is 9.49. The quantitative estimate of drug-likeness (QED) is 0.847. The number of aromatic nitrogens is 2. The Kier molecular flexibility index (Phi) is 3.68. The van der Waals surface area contributed by atoms with E-state index in [0.717, 1.165) is 11.4 Å². The average molecular weight is 286 g/mol. The van der Waals surface area contributed by atoms with Crippen molar-refractivity contribution in [2.75, 3.05) is 5.32 Å². The largest absolute Gasteiger partial charge is 0.505 e. The summed E-state index contributed by atoms with van der Waals surface area (Å²) in [6.45, 7) is 2.01. The number of nitrogens with one attached hydrogen (secondary N) is 1. The van der Waals surface area contributed by atoms with Gasteiger partial charge in [0.25, 0.3) is 0 Å². The van der Waals surface area contributed by atoms with Crippen molar-refractivity contribution in [3.05, 3.63) is 40.1 Å². The number of nitrogens with zero attached hydrogens (tertiary/aromatic N) is 2. The number of hydrogen-bond donors (Lipinski definition) is 2. The zero-order valence-electron chi connectivity index (χ0n) is 9.98. The third-order valence-corrected chi connectivity index (χ3v) is 3.28. The number of benzene rings is 1. The number of anilines is 1. The van der Waals surface area contributed by atoms with E-state index in [1.807, 2.05) is 20.0 Å². The van der Waals surface area contributed by atoms with E-state index < -0.39 is 0 Å². The molecule has 0 saturated carbocycles. The lowest BCUT2D eigenvalue weighted by Gasteiger charge is -2.16. The SMILES string of the molecule is CC(Nc1cc(Cl)c(O)c(Cl)c1)c1ccnn1C. The van der Waals surface area contributed by atoms with Crippen LogP contribution in [0, 0.1) is 0 Å². The Morgan fingerprint density at radius 3 is 2.44 bits per heavy atom. The van der Waals surface area contributed by atoms with Gasteiger partial charge in [-0.3, -0.25) is 4.68 Å². The van der Waals surface area contributed by atoms with E-state index in [9.17, 15) is 5.11 Å². The molecule has 0 saturated heterocycles. The number of aryl methyl sites for hydroxylation is 1. The molecule has 4 nitrogen and oxygen atoms in total. The highest BCUT2D eigenvalue weighted by atomic mass is 35.5. The van der Waals surface area contributed by atoms with Gasteiger partial charge in [0.05, 0.1) is 21.8 Å². The lowest BCUT2D eigenvalue weighted by atomic mass is 10.2. The number of hydrogen-bond acceptors (Lipinski definition) is 3.